The molecule has 0 bridgehead atoms. The number of nitrogens with two attached hydrogens (primary N) is 1. The quantitative estimate of drug-likeness (QED) is 0.866. The highest BCUT2D eigenvalue weighted by atomic mass is 32.1. The average Bonchev–Trinajstić information content (AvgIpc) is 3.14. The minimum absolute atomic E-state index is 0.0170. The van der Waals surface area contributed by atoms with Gasteiger partial charge in [0.25, 0.3) is 5.91 Å². The van der Waals surface area contributed by atoms with E-state index in [2.05, 4.69) is 10.2 Å². The number of fused-ring (bicyclic) bond motifs is 2. The van der Waals surface area contributed by atoms with Crippen LogP contribution in [0.2, 0.25) is 0 Å². The van der Waals surface area contributed by atoms with Crippen molar-refractivity contribution in [2.75, 3.05) is 25.0 Å². The van der Waals surface area contributed by atoms with Gasteiger partial charge in [0.1, 0.15) is 5.00 Å². The lowest BCUT2D eigenvalue weighted by molar-refractivity contribution is -0.118. The first-order valence-electron chi connectivity index (χ1n) is 9.58. The molecule has 1 aliphatic heterocycles. The molecule has 4 rings (SSSR count). The Morgan fingerprint density at radius 3 is 2.72 bits per heavy atom. The Hall–Kier alpha value is -1.40. The van der Waals surface area contributed by atoms with E-state index in [1.807, 2.05) is 0 Å². The molecule has 0 spiro atoms. The number of piperidine rings is 1. The summed E-state index contributed by atoms with van der Waals surface area (Å²) in [6.45, 7) is 2.48. The number of anilines is 1. The molecule has 25 heavy (non-hydrogen) atoms. The van der Waals surface area contributed by atoms with Crippen LogP contribution in [0, 0.1) is 11.8 Å². The number of likely N-dealkylation sites (tertiary alicyclic amines) is 1. The van der Waals surface area contributed by atoms with Crippen molar-refractivity contribution in [3.05, 3.63) is 16.0 Å². The molecule has 2 heterocycles. The highest BCUT2D eigenvalue weighted by Crippen LogP contribution is 2.39. The minimum atomic E-state index is -0.419. The summed E-state index contributed by atoms with van der Waals surface area (Å²) in [5, 5.41) is 3.64. The molecule has 2 fully saturated rings. The van der Waals surface area contributed by atoms with Gasteiger partial charge < -0.3 is 11.1 Å². The van der Waals surface area contributed by atoms with Crippen LogP contribution in [0.5, 0.6) is 0 Å². The van der Waals surface area contributed by atoms with Crippen molar-refractivity contribution in [1.82, 2.24) is 4.90 Å². The van der Waals surface area contributed by atoms with Crippen molar-refractivity contribution in [2.45, 2.75) is 51.4 Å². The van der Waals surface area contributed by atoms with E-state index in [0.717, 1.165) is 49.8 Å². The van der Waals surface area contributed by atoms with Crippen molar-refractivity contribution in [3.8, 4) is 0 Å². The molecular weight excluding hydrogens is 334 g/mol. The maximum atomic E-state index is 12.5. The number of rotatable bonds is 4. The highest BCUT2D eigenvalue weighted by Gasteiger charge is 2.32. The Morgan fingerprint density at radius 1 is 1.12 bits per heavy atom. The monoisotopic (exact) mass is 361 g/mol. The molecule has 2 atom stereocenters. The van der Waals surface area contributed by atoms with E-state index in [9.17, 15) is 9.59 Å². The van der Waals surface area contributed by atoms with E-state index in [-0.39, 0.29) is 5.91 Å². The molecule has 0 aromatic carbocycles. The van der Waals surface area contributed by atoms with Crippen LogP contribution in [0.25, 0.3) is 0 Å². The Labute approximate surface area is 153 Å². The van der Waals surface area contributed by atoms with Crippen LogP contribution in [0.1, 0.15) is 59.3 Å². The van der Waals surface area contributed by atoms with Gasteiger partial charge in [0.2, 0.25) is 5.91 Å². The van der Waals surface area contributed by atoms with Crippen molar-refractivity contribution < 1.29 is 9.59 Å². The van der Waals surface area contributed by atoms with E-state index in [1.165, 1.54) is 48.3 Å². The molecule has 1 saturated heterocycles. The molecule has 6 heteroatoms. The van der Waals surface area contributed by atoms with Gasteiger partial charge in [0.15, 0.2) is 0 Å². The normalized spacial score (nSPS) is 26.1. The van der Waals surface area contributed by atoms with Crippen molar-refractivity contribution in [2.24, 2.45) is 17.6 Å². The van der Waals surface area contributed by atoms with Gasteiger partial charge in [-0.2, -0.15) is 0 Å². The lowest BCUT2D eigenvalue weighted by Gasteiger charge is -2.41. The fourth-order valence-corrected chi connectivity index (χ4v) is 6.25. The van der Waals surface area contributed by atoms with E-state index >= 15 is 0 Å². The number of aryl methyl sites for hydroxylation is 1. The number of nitrogens with zero attached hydrogens (tertiary/aromatic N) is 1. The van der Waals surface area contributed by atoms with Gasteiger partial charge in [0, 0.05) is 11.4 Å². The number of nitrogens with one attached hydrogen (secondary N) is 1. The van der Waals surface area contributed by atoms with E-state index in [0.29, 0.717) is 17.1 Å². The smallest absolute Gasteiger partial charge is 0.251 e. The molecule has 1 aromatic heterocycles. The summed E-state index contributed by atoms with van der Waals surface area (Å²) < 4.78 is 0. The van der Waals surface area contributed by atoms with Gasteiger partial charge in [-0.15, -0.1) is 11.3 Å². The number of primary amides is 1. The fourth-order valence-electron chi connectivity index (χ4n) is 4.94. The molecule has 1 aromatic rings. The lowest BCUT2D eigenvalue weighted by Crippen LogP contribution is -2.44. The van der Waals surface area contributed by atoms with Crippen molar-refractivity contribution in [3.63, 3.8) is 0 Å². The zero-order chi connectivity index (χ0) is 17.4. The number of hydrogen-bond acceptors (Lipinski definition) is 4. The number of thiophene rings is 1. The summed E-state index contributed by atoms with van der Waals surface area (Å²) in [6, 6.07) is 0. The van der Waals surface area contributed by atoms with Crippen LogP contribution in [-0.2, 0) is 17.6 Å². The molecule has 2 amide bonds. The fraction of sp³-hybridized carbons (Fsp3) is 0.684. The van der Waals surface area contributed by atoms with Gasteiger partial charge in [-0.25, -0.2) is 0 Å². The van der Waals surface area contributed by atoms with E-state index < -0.39 is 5.91 Å². The van der Waals surface area contributed by atoms with E-state index in [1.54, 1.807) is 0 Å². The second-order valence-corrected chi connectivity index (χ2v) is 8.91. The SMILES string of the molecule is NC(=O)c1c(NC(=O)CN2CC[C@@H]3CCCC[C@@H]3C2)sc2c1CCC2. The Kier molecular flexibility index (Phi) is 4.82. The summed E-state index contributed by atoms with van der Waals surface area (Å²) in [6.07, 6.45) is 9.58. The summed E-state index contributed by atoms with van der Waals surface area (Å²) in [5.41, 5.74) is 7.19. The average molecular weight is 362 g/mol. The third-order valence-corrected chi connectivity index (χ3v) is 7.37. The molecule has 3 aliphatic rings. The van der Waals surface area contributed by atoms with Crippen LogP contribution >= 0.6 is 11.3 Å². The van der Waals surface area contributed by atoms with Gasteiger partial charge in [0.05, 0.1) is 12.1 Å². The predicted molar refractivity (Wildman–Crippen MR) is 100.0 cm³/mol. The zero-order valence-electron chi connectivity index (χ0n) is 14.7. The van der Waals surface area contributed by atoms with Gasteiger partial charge in [-0.05, 0) is 56.0 Å². The molecule has 3 N–H and O–H groups in total. The molecular formula is C19H27N3O2S. The van der Waals surface area contributed by atoms with Crippen molar-refractivity contribution >= 4 is 28.2 Å². The second-order valence-electron chi connectivity index (χ2n) is 7.80. The first-order chi connectivity index (χ1) is 12.1. The molecule has 5 nitrogen and oxygen atoms in total. The minimum Gasteiger partial charge on any atom is -0.365 e. The van der Waals surface area contributed by atoms with Crippen LogP contribution in [0.4, 0.5) is 5.00 Å². The molecule has 0 radical (unpaired) electrons. The third-order valence-electron chi connectivity index (χ3n) is 6.16. The largest absolute Gasteiger partial charge is 0.365 e. The first-order valence-corrected chi connectivity index (χ1v) is 10.4. The topological polar surface area (TPSA) is 75.4 Å². The Bertz CT molecular complexity index is 684. The summed E-state index contributed by atoms with van der Waals surface area (Å²) in [7, 11) is 0. The predicted octanol–water partition coefficient (Wildman–Crippen LogP) is 2.79. The van der Waals surface area contributed by atoms with E-state index in [4.69, 9.17) is 5.73 Å². The van der Waals surface area contributed by atoms with Crippen LogP contribution in [-0.4, -0.2) is 36.3 Å². The number of amides is 2. The maximum absolute atomic E-state index is 12.5. The molecule has 0 unspecified atom stereocenters. The summed E-state index contributed by atoms with van der Waals surface area (Å²) >= 11 is 1.53. The Morgan fingerprint density at radius 2 is 1.92 bits per heavy atom. The number of hydrogen-bond donors (Lipinski definition) is 2. The molecule has 1 saturated carbocycles. The summed E-state index contributed by atoms with van der Waals surface area (Å²) in [5.74, 6) is 1.20. The van der Waals surface area contributed by atoms with Crippen LogP contribution in [0.15, 0.2) is 0 Å². The highest BCUT2D eigenvalue weighted by molar-refractivity contribution is 7.17. The van der Waals surface area contributed by atoms with Crippen molar-refractivity contribution in [1.29, 1.82) is 0 Å². The van der Waals surface area contributed by atoms with Gasteiger partial charge in [-0.1, -0.05) is 19.3 Å². The zero-order valence-corrected chi connectivity index (χ0v) is 15.5. The Balaban J connectivity index is 1.39. The summed E-state index contributed by atoms with van der Waals surface area (Å²) in [4.78, 5) is 27.9. The molecule has 2 aliphatic carbocycles. The maximum Gasteiger partial charge on any atom is 0.251 e. The first kappa shape index (κ1) is 17.0. The number of carbonyl (C=O) groups excluding carboxylic acids is 2. The standard InChI is InChI=1S/C19H27N3O2S/c20-18(24)17-14-6-3-7-15(14)25-19(17)21-16(23)11-22-9-8-12-4-1-2-5-13(12)10-22/h12-13H,1-11H2,(H2,20,24)(H,21,23)/t12-,13+/m0/s1. The van der Waals surface area contributed by atoms with Gasteiger partial charge in [-0.3, -0.25) is 14.5 Å². The molecule has 136 valence electrons. The number of carbonyl (C=O) groups is 2. The lowest BCUT2D eigenvalue weighted by atomic mass is 9.75. The third kappa shape index (κ3) is 3.47. The van der Waals surface area contributed by atoms with Crippen LogP contribution < -0.4 is 11.1 Å². The van der Waals surface area contributed by atoms with Gasteiger partial charge >= 0.3 is 0 Å². The second kappa shape index (κ2) is 7.08. The van der Waals surface area contributed by atoms with Crippen LogP contribution in [0.3, 0.4) is 0 Å².